The molecule has 1 rings (SSSR count). The molecule has 1 N–H and O–H groups in total. The quantitative estimate of drug-likeness (QED) is 0.654. The van der Waals surface area contributed by atoms with E-state index in [-0.39, 0.29) is 18.7 Å². The largest absolute Gasteiger partial charge is 0.466 e. The molecule has 0 aliphatic rings. The van der Waals surface area contributed by atoms with Gasteiger partial charge in [-0.1, -0.05) is 0 Å². The Kier molecular flexibility index (Phi) is 5.00. The summed E-state index contributed by atoms with van der Waals surface area (Å²) in [7, 11) is 0. The van der Waals surface area contributed by atoms with Crippen LogP contribution in [0.15, 0.2) is 12.1 Å². The van der Waals surface area contributed by atoms with Gasteiger partial charge < -0.3 is 10.1 Å². The van der Waals surface area contributed by atoms with Gasteiger partial charge in [0.1, 0.15) is 5.82 Å². The number of hydrogen-bond acceptors (Lipinski definition) is 3. The number of esters is 1. The van der Waals surface area contributed by atoms with Crippen LogP contribution >= 0.6 is 0 Å². The summed E-state index contributed by atoms with van der Waals surface area (Å²) in [6.45, 7) is 3.49. The van der Waals surface area contributed by atoms with E-state index in [1.807, 2.05) is 0 Å². The molecule has 0 amide bonds. The molecule has 0 aliphatic heterocycles. The minimum absolute atomic E-state index is 0.0224. The Balaban J connectivity index is 2.70. The highest BCUT2D eigenvalue weighted by atomic mass is 19.2. The Bertz CT molecular complexity index is 438. The van der Waals surface area contributed by atoms with E-state index in [0.29, 0.717) is 6.07 Å². The molecule has 1 aromatic carbocycles. The van der Waals surface area contributed by atoms with E-state index in [1.54, 1.807) is 13.8 Å². The van der Waals surface area contributed by atoms with E-state index in [4.69, 9.17) is 4.74 Å². The summed E-state index contributed by atoms with van der Waals surface area (Å²) in [5.74, 6) is -3.80. The second-order valence-electron chi connectivity index (χ2n) is 3.80. The highest BCUT2D eigenvalue weighted by Crippen LogP contribution is 2.20. The fourth-order valence-electron chi connectivity index (χ4n) is 1.45. The molecule has 0 fully saturated rings. The summed E-state index contributed by atoms with van der Waals surface area (Å²) in [4.78, 5) is 11.2. The molecule has 3 nitrogen and oxygen atoms in total. The zero-order valence-electron chi connectivity index (χ0n) is 10.1. The van der Waals surface area contributed by atoms with Crippen molar-refractivity contribution in [3.05, 3.63) is 29.6 Å². The van der Waals surface area contributed by atoms with E-state index in [1.165, 1.54) is 0 Å². The molecule has 0 aliphatic carbocycles. The van der Waals surface area contributed by atoms with Gasteiger partial charge in [0.2, 0.25) is 0 Å². The predicted octanol–water partition coefficient (Wildman–Crippen LogP) is 2.86. The van der Waals surface area contributed by atoms with Crippen molar-refractivity contribution >= 4 is 11.7 Å². The Morgan fingerprint density at radius 1 is 1.39 bits per heavy atom. The zero-order valence-corrected chi connectivity index (χ0v) is 10.1. The van der Waals surface area contributed by atoms with Crippen LogP contribution in [0.3, 0.4) is 0 Å². The molecule has 0 saturated carbocycles. The van der Waals surface area contributed by atoms with Gasteiger partial charge in [-0.2, -0.15) is 0 Å². The number of carbonyl (C=O) groups is 1. The number of nitrogens with one attached hydrogen (secondary N) is 1. The smallest absolute Gasteiger partial charge is 0.307 e. The van der Waals surface area contributed by atoms with Gasteiger partial charge >= 0.3 is 5.97 Å². The lowest BCUT2D eigenvalue weighted by Crippen LogP contribution is -2.22. The van der Waals surface area contributed by atoms with Gasteiger partial charge in [-0.15, -0.1) is 0 Å². The van der Waals surface area contributed by atoms with Crippen LogP contribution in [0.2, 0.25) is 0 Å². The number of anilines is 1. The molecule has 0 heterocycles. The summed E-state index contributed by atoms with van der Waals surface area (Å²) < 4.78 is 43.8. The predicted molar refractivity (Wildman–Crippen MR) is 60.7 cm³/mol. The lowest BCUT2D eigenvalue weighted by molar-refractivity contribution is -0.143. The first kappa shape index (κ1) is 14.3. The first-order valence-corrected chi connectivity index (χ1v) is 5.50. The lowest BCUT2D eigenvalue weighted by Gasteiger charge is -2.15. The highest BCUT2D eigenvalue weighted by molar-refractivity contribution is 5.70. The molecule has 100 valence electrons. The molecule has 0 bridgehead atoms. The summed E-state index contributed by atoms with van der Waals surface area (Å²) in [6, 6.07) is 0.788. The van der Waals surface area contributed by atoms with Crippen LogP contribution in [-0.4, -0.2) is 18.6 Å². The van der Waals surface area contributed by atoms with Gasteiger partial charge in [-0.05, 0) is 13.8 Å². The summed E-state index contributed by atoms with van der Waals surface area (Å²) in [5, 5.41) is 2.53. The van der Waals surface area contributed by atoms with Crippen molar-refractivity contribution in [2.45, 2.75) is 26.3 Å². The SMILES string of the molecule is CCOC(=O)CC(C)Nc1cc(F)cc(F)c1F. The van der Waals surface area contributed by atoms with Crippen molar-refractivity contribution in [1.29, 1.82) is 0 Å². The molecular formula is C12H14F3NO2. The van der Waals surface area contributed by atoms with Crippen molar-refractivity contribution in [2.24, 2.45) is 0 Å². The maximum absolute atomic E-state index is 13.3. The summed E-state index contributed by atoms with van der Waals surface area (Å²) in [5.41, 5.74) is -0.315. The molecule has 0 radical (unpaired) electrons. The third-order valence-corrected chi connectivity index (χ3v) is 2.17. The van der Waals surface area contributed by atoms with Gasteiger partial charge in [0.15, 0.2) is 11.6 Å². The fraction of sp³-hybridized carbons (Fsp3) is 0.417. The molecule has 1 unspecified atom stereocenters. The van der Waals surface area contributed by atoms with Crippen molar-refractivity contribution < 1.29 is 22.7 Å². The van der Waals surface area contributed by atoms with Crippen molar-refractivity contribution in [1.82, 2.24) is 0 Å². The van der Waals surface area contributed by atoms with Crippen LogP contribution in [0.1, 0.15) is 20.3 Å². The molecule has 0 aromatic heterocycles. The Hall–Kier alpha value is -1.72. The van der Waals surface area contributed by atoms with Gasteiger partial charge in [0, 0.05) is 18.2 Å². The molecule has 1 aromatic rings. The highest BCUT2D eigenvalue weighted by Gasteiger charge is 2.15. The van der Waals surface area contributed by atoms with Crippen LogP contribution in [0.25, 0.3) is 0 Å². The van der Waals surface area contributed by atoms with Gasteiger partial charge in [-0.3, -0.25) is 4.79 Å². The first-order chi connectivity index (χ1) is 8.43. The minimum Gasteiger partial charge on any atom is -0.466 e. The average molecular weight is 261 g/mol. The average Bonchev–Trinajstić information content (AvgIpc) is 2.25. The molecule has 0 saturated heterocycles. The second-order valence-corrected chi connectivity index (χ2v) is 3.80. The Labute approximate surface area is 103 Å². The lowest BCUT2D eigenvalue weighted by atomic mass is 10.2. The van der Waals surface area contributed by atoms with E-state index in [0.717, 1.165) is 6.07 Å². The minimum atomic E-state index is -1.28. The number of rotatable bonds is 5. The van der Waals surface area contributed by atoms with Crippen molar-refractivity contribution in [3.8, 4) is 0 Å². The van der Waals surface area contributed by atoms with Crippen LogP contribution < -0.4 is 5.32 Å². The van der Waals surface area contributed by atoms with Gasteiger partial charge in [0.05, 0.1) is 18.7 Å². The number of benzene rings is 1. The topological polar surface area (TPSA) is 38.3 Å². The first-order valence-electron chi connectivity index (χ1n) is 5.50. The number of carbonyl (C=O) groups excluding carboxylic acids is 1. The van der Waals surface area contributed by atoms with Gasteiger partial charge in [-0.25, -0.2) is 13.2 Å². The molecule has 6 heteroatoms. The second kappa shape index (κ2) is 6.28. The maximum atomic E-state index is 13.3. The number of hydrogen-bond donors (Lipinski definition) is 1. The summed E-state index contributed by atoms with van der Waals surface area (Å²) >= 11 is 0. The third-order valence-electron chi connectivity index (χ3n) is 2.17. The standard InChI is InChI=1S/C12H14F3NO2/c1-3-18-11(17)4-7(2)16-10-6-8(13)5-9(14)12(10)15/h5-7,16H,3-4H2,1-2H3. The van der Waals surface area contributed by atoms with E-state index in [9.17, 15) is 18.0 Å². The fourth-order valence-corrected chi connectivity index (χ4v) is 1.45. The monoisotopic (exact) mass is 261 g/mol. The molecule has 0 spiro atoms. The van der Waals surface area contributed by atoms with Crippen LogP contribution in [0.4, 0.5) is 18.9 Å². The normalized spacial score (nSPS) is 12.1. The zero-order chi connectivity index (χ0) is 13.7. The Morgan fingerprint density at radius 3 is 2.67 bits per heavy atom. The van der Waals surface area contributed by atoms with Crippen molar-refractivity contribution in [2.75, 3.05) is 11.9 Å². The third kappa shape index (κ3) is 3.94. The number of ether oxygens (including phenoxy) is 1. The van der Waals surface area contributed by atoms with Crippen LogP contribution in [0.5, 0.6) is 0 Å². The molecular weight excluding hydrogens is 247 g/mol. The summed E-state index contributed by atoms with van der Waals surface area (Å²) in [6.07, 6.45) is -0.0224. The molecule has 18 heavy (non-hydrogen) atoms. The van der Waals surface area contributed by atoms with E-state index in [2.05, 4.69) is 5.32 Å². The van der Waals surface area contributed by atoms with Crippen LogP contribution in [-0.2, 0) is 9.53 Å². The maximum Gasteiger partial charge on any atom is 0.307 e. The number of halogens is 3. The Morgan fingerprint density at radius 2 is 2.06 bits per heavy atom. The van der Waals surface area contributed by atoms with E-state index < -0.39 is 29.5 Å². The van der Waals surface area contributed by atoms with Crippen molar-refractivity contribution in [3.63, 3.8) is 0 Å². The van der Waals surface area contributed by atoms with Gasteiger partial charge in [0.25, 0.3) is 0 Å². The molecule has 1 atom stereocenters. The van der Waals surface area contributed by atoms with Crippen LogP contribution in [0, 0.1) is 17.5 Å². The van der Waals surface area contributed by atoms with E-state index >= 15 is 0 Å².